The second-order valence-electron chi connectivity index (χ2n) is 7.24. The lowest BCUT2D eigenvalue weighted by Crippen LogP contribution is -2.35. The van der Waals surface area contributed by atoms with E-state index >= 15 is 0 Å². The Morgan fingerprint density at radius 3 is 1.78 bits per heavy atom. The Labute approximate surface area is 157 Å². The predicted molar refractivity (Wildman–Crippen MR) is 103 cm³/mol. The third-order valence-corrected chi connectivity index (χ3v) is 5.32. The van der Waals surface area contributed by atoms with Gasteiger partial charge in [0.15, 0.2) is 0 Å². The summed E-state index contributed by atoms with van der Waals surface area (Å²) in [7, 11) is 0. The summed E-state index contributed by atoms with van der Waals surface area (Å²) in [6.07, 6.45) is 3.45. The van der Waals surface area contributed by atoms with E-state index in [2.05, 4.69) is 15.5 Å². The zero-order valence-corrected chi connectivity index (χ0v) is 15.0. The Kier molecular flexibility index (Phi) is 4.56. The molecule has 2 N–H and O–H groups in total. The summed E-state index contributed by atoms with van der Waals surface area (Å²) in [5.41, 5.74) is 1.28. The molecule has 1 aliphatic carbocycles. The monoisotopic (exact) mass is 367 g/mol. The van der Waals surface area contributed by atoms with Gasteiger partial charge in [0.25, 0.3) is 0 Å². The van der Waals surface area contributed by atoms with Gasteiger partial charge in [-0.15, -0.1) is 0 Å². The van der Waals surface area contributed by atoms with Crippen LogP contribution in [-0.2, 0) is 9.59 Å². The molecule has 0 atom stereocenters. The van der Waals surface area contributed by atoms with Crippen LogP contribution in [0.15, 0.2) is 48.5 Å². The van der Waals surface area contributed by atoms with Crippen LogP contribution in [0.4, 0.5) is 21.5 Å². The molecular formula is C21H22FN3O2. The molecule has 0 aromatic heterocycles. The van der Waals surface area contributed by atoms with Crippen molar-refractivity contribution in [1.29, 1.82) is 0 Å². The maximum Gasteiger partial charge on any atom is 0.240 e. The minimum Gasteiger partial charge on any atom is -0.372 e. The highest BCUT2D eigenvalue weighted by molar-refractivity contribution is 6.16. The zero-order valence-electron chi connectivity index (χ0n) is 15.0. The Hall–Kier alpha value is -2.89. The summed E-state index contributed by atoms with van der Waals surface area (Å²) < 4.78 is 13.0. The lowest BCUT2D eigenvalue weighted by Gasteiger charge is -2.19. The average molecular weight is 367 g/mol. The van der Waals surface area contributed by atoms with Crippen LogP contribution in [-0.4, -0.2) is 24.9 Å². The number of carbonyl (C=O) groups is 2. The average Bonchev–Trinajstić information content (AvgIpc) is 3.32. The van der Waals surface area contributed by atoms with Gasteiger partial charge in [-0.25, -0.2) is 4.39 Å². The number of amides is 2. The second kappa shape index (κ2) is 7.02. The Balaban J connectivity index is 1.39. The molecule has 1 saturated heterocycles. The van der Waals surface area contributed by atoms with Crippen molar-refractivity contribution >= 4 is 28.9 Å². The third-order valence-electron chi connectivity index (χ3n) is 5.32. The van der Waals surface area contributed by atoms with Gasteiger partial charge in [-0.1, -0.05) is 0 Å². The van der Waals surface area contributed by atoms with Gasteiger partial charge in [0.2, 0.25) is 11.8 Å². The van der Waals surface area contributed by atoms with Crippen LogP contribution in [0.3, 0.4) is 0 Å². The third kappa shape index (κ3) is 3.65. The first-order valence-corrected chi connectivity index (χ1v) is 9.30. The normalized spacial score (nSPS) is 17.4. The van der Waals surface area contributed by atoms with Crippen LogP contribution >= 0.6 is 0 Å². The summed E-state index contributed by atoms with van der Waals surface area (Å²) in [6.45, 7) is 2.14. The number of rotatable bonds is 5. The van der Waals surface area contributed by atoms with Gasteiger partial charge >= 0.3 is 0 Å². The van der Waals surface area contributed by atoms with E-state index in [-0.39, 0.29) is 17.6 Å². The number of nitrogens with one attached hydrogen (secondary N) is 2. The molecule has 27 heavy (non-hydrogen) atoms. The molecule has 2 aromatic carbocycles. The SMILES string of the molecule is O=C(Nc1ccc(F)cc1)C1(C(=O)Nc2ccc(N3CCCC3)cc2)CC1. The van der Waals surface area contributed by atoms with Crippen LogP contribution in [0.25, 0.3) is 0 Å². The molecule has 2 aliphatic rings. The van der Waals surface area contributed by atoms with Crippen molar-refractivity contribution in [3.05, 3.63) is 54.3 Å². The van der Waals surface area contributed by atoms with E-state index < -0.39 is 5.41 Å². The number of anilines is 3. The number of carbonyl (C=O) groups excluding carboxylic acids is 2. The van der Waals surface area contributed by atoms with E-state index in [1.54, 1.807) is 0 Å². The van der Waals surface area contributed by atoms with Crippen molar-refractivity contribution in [3.63, 3.8) is 0 Å². The van der Waals surface area contributed by atoms with E-state index in [9.17, 15) is 14.0 Å². The predicted octanol–water partition coefficient (Wildman–Crippen LogP) is 3.78. The van der Waals surface area contributed by atoms with Crippen molar-refractivity contribution in [2.75, 3.05) is 28.6 Å². The van der Waals surface area contributed by atoms with Crippen LogP contribution in [0.5, 0.6) is 0 Å². The van der Waals surface area contributed by atoms with E-state index in [4.69, 9.17) is 0 Å². The summed E-state index contributed by atoms with van der Waals surface area (Å²) in [6, 6.07) is 13.3. The summed E-state index contributed by atoms with van der Waals surface area (Å²) in [4.78, 5) is 27.6. The summed E-state index contributed by atoms with van der Waals surface area (Å²) in [5, 5.41) is 5.57. The fraction of sp³-hybridized carbons (Fsp3) is 0.333. The van der Waals surface area contributed by atoms with E-state index in [0.29, 0.717) is 24.2 Å². The molecule has 140 valence electrons. The number of nitrogens with zero attached hydrogens (tertiary/aromatic N) is 1. The molecule has 5 nitrogen and oxygen atoms in total. The van der Waals surface area contributed by atoms with Crippen molar-refractivity contribution in [3.8, 4) is 0 Å². The molecule has 6 heteroatoms. The van der Waals surface area contributed by atoms with Gasteiger partial charge in [0.05, 0.1) is 0 Å². The number of hydrogen-bond acceptors (Lipinski definition) is 3. The largest absolute Gasteiger partial charge is 0.372 e. The highest BCUT2D eigenvalue weighted by Crippen LogP contribution is 2.47. The topological polar surface area (TPSA) is 61.4 Å². The number of halogens is 1. The van der Waals surface area contributed by atoms with Crippen LogP contribution in [0, 0.1) is 11.2 Å². The minimum absolute atomic E-state index is 0.295. The van der Waals surface area contributed by atoms with E-state index in [0.717, 1.165) is 18.8 Å². The second-order valence-corrected chi connectivity index (χ2v) is 7.24. The Morgan fingerprint density at radius 2 is 1.30 bits per heavy atom. The van der Waals surface area contributed by atoms with Crippen molar-refractivity contribution in [2.24, 2.45) is 5.41 Å². The lowest BCUT2D eigenvalue weighted by molar-refractivity contribution is -0.131. The first-order chi connectivity index (χ1) is 13.1. The fourth-order valence-electron chi connectivity index (χ4n) is 3.45. The highest BCUT2D eigenvalue weighted by atomic mass is 19.1. The highest BCUT2D eigenvalue weighted by Gasteiger charge is 2.56. The van der Waals surface area contributed by atoms with Crippen molar-refractivity contribution in [1.82, 2.24) is 0 Å². The lowest BCUT2D eigenvalue weighted by atomic mass is 10.0. The summed E-state index contributed by atoms with van der Waals surface area (Å²) >= 11 is 0. The molecule has 0 spiro atoms. The zero-order chi connectivity index (χ0) is 18.9. The van der Waals surface area contributed by atoms with E-state index in [1.165, 1.54) is 37.1 Å². The molecular weight excluding hydrogens is 345 g/mol. The maximum absolute atomic E-state index is 13.0. The molecule has 2 amide bonds. The molecule has 0 unspecified atom stereocenters. The number of benzene rings is 2. The smallest absolute Gasteiger partial charge is 0.240 e. The van der Waals surface area contributed by atoms with Crippen molar-refractivity contribution in [2.45, 2.75) is 25.7 Å². The summed E-state index contributed by atoms with van der Waals surface area (Å²) in [5.74, 6) is -1.01. The Morgan fingerprint density at radius 1 is 0.815 bits per heavy atom. The van der Waals surface area contributed by atoms with Crippen LogP contribution in [0.1, 0.15) is 25.7 Å². The van der Waals surface area contributed by atoms with Gasteiger partial charge in [-0.2, -0.15) is 0 Å². The van der Waals surface area contributed by atoms with Crippen LogP contribution < -0.4 is 15.5 Å². The van der Waals surface area contributed by atoms with Gasteiger partial charge in [0, 0.05) is 30.2 Å². The fourth-order valence-corrected chi connectivity index (χ4v) is 3.45. The van der Waals surface area contributed by atoms with Gasteiger partial charge < -0.3 is 15.5 Å². The minimum atomic E-state index is -1.04. The van der Waals surface area contributed by atoms with Crippen molar-refractivity contribution < 1.29 is 14.0 Å². The molecule has 0 bridgehead atoms. The molecule has 0 radical (unpaired) electrons. The quantitative estimate of drug-likeness (QED) is 0.791. The molecule has 2 fully saturated rings. The van der Waals surface area contributed by atoms with Gasteiger partial charge in [0.1, 0.15) is 11.2 Å². The molecule has 4 rings (SSSR count). The standard InChI is InChI=1S/C21H22FN3O2/c22-15-3-5-16(6-4-15)23-19(26)21(11-12-21)20(27)24-17-7-9-18(10-8-17)25-13-1-2-14-25/h3-10H,1-2,11-14H2,(H,23,26)(H,24,27). The van der Waals surface area contributed by atoms with E-state index in [1.807, 2.05) is 24.3 Å². The molecule has 2 aromatic rings. The van der Waals surface area contributed by atoms with Crippen LogP contribution in [0.2, 0.25) is 0 Å². The molecule has 1 saturated carbocycles. The first-order valence-electron chi connectivity index (χ1n) is 9.30. The maximum atomic E-state index is 13.0. The first kappa shape index (κ1) is 17.5. The van der Waals surface area contributed by atoms with Gasteiger partial charge in [-0.3, -0.25) is 9.59 Å². The Bertz CT molecular complexity index is 839. The van der Waals surface area contributed by atoms with Gasteiger partial charge in [-0.05, 0) is 74.2 Å². The number of hydrogen-bond donors (Lipinski definition) is 2. The molecule has 1 heterocycles. The molecule has 1 aliphatic heterocycles.